The normalized spacial score (nSPS) is 12.9. The molecule has 0 bridgehead atoms. The first-order chi connectivity index (χ1) is 17.6. The molecule has 8 heteroatoms. The minimum atomic E-state index is -0.173. The third kappa shape index (κ3) is 4.79. The van der Waals surface area contributed by atoms with Crippen molar-refractivity contribution in [2.45, 2.75) is 19.6 Å². The minimum absolute atomic E-state index is 0.0166. The predicted molar refractivity (Wildman–Crippen MR) is 139 cm³/mol. The molecule has 1 aromatic heterocycles. The molecule has 1 amide bonds. The molecule has 1 aliphatic heterocycles. The van der Waals surface area contributed by atoms with Crippen LogP contribution in [0.2, 0.25) is 0 Å². The number of carbonyl (C=O) groups is 1. The molecular weight excluding hydrogens is 454 g/mol. The Bertz CT molecular complexity index is 1380. The van der Waals surface area contributed by atoms with Gasteiger partial charge in [0, 0.05) is 38.1 Å². The molecule has 4 N–H and O–H groups in total. The number of hydrogen-bond acceptors (Lipinski definition) is 7. The molecule has 8 nitrogen and oxygen atoms in total. The summed E-state index contributed by atoms with van der Waals surface area (Å²) in [6, 6.07) is 21.8. The first kappa shape index (κ1) is 23.9. The Hall–Kier alpha value is -3.85. The van der Waals surface area contributed by atoms with Crippen molar-refractivity contribution in [3.63, 3.8) is 0 Å². The zero-order valence-corrected chi connectivity index (χ0v) is 20.0. The molecular formula is C28H29N5O3. The van der Waals surface area contributed by atoms with Crippen LogP contribution in [0.1, 0.15) is 27.2 Å². The predicted octanol–water partition coefficient (Wildman–Crippen LogP) is 2.82. The van der Waals surface area contributed by atoms with E-state index in [1.807, 2.05) is 71.6 Å². The average molecular weight is 484 g/mol. The second-order valence-electron chi connectivity index (χ2n) is 8.97. The summed E-state index contributed by atoms with van der Waals surface area (Å²) in [7, 11) is 0. The van der Waals surface area contributed by atoms with E-state index in [2.05, 4.69) is 9.97 Å². The van der Waals surface area contributed by atoms with Crippen molar-refractivity contribution in [1.29, 1.82) is 0 Å². The second-order valence-corrected chi connectivity index (χ2v) is 8.97. The number of aliphatic hydroxyl groups is 2. The molecule has 0 atom stereocenters. The number of carbonyl (C=O) groups excluding carboxylic acids is 1. The summed E-state index contributed by atoms with van der Waals surface area (Å²) in [5.41, 5.74) is 12.2. The van der Waals surface area contributed by atoms with Crippen LogP contribution in [0.5, 0.6) is 0 Å². The highest BCUT2D eigenvalue weighted by Crippen LogP contribution is 2.31. The lowest BCUT2D eigenvalue weighted by atomic mass is 9.97. The molecule has 36 heavy (non-hydrogen) atoms. The summed E-state index contributed by atoms with van der Waals surface area (Å²) < 4.78 is 0. The zero-order chi connectivity index (χ0) is 25.1. The van der Waals surface area contributed by atoms with E-state index in [1.165, 1.54) is 0 Å². The summed E-state index contributed by atoms with van der Waals surface area (Å²) in [4.78, 5) is 26.1. The maximum absolute atomic E-state index is 13.6. The van der Waals surface area contributed by atoms with Crippen molar-refractivity contribution >= 4 is 22.8 Å². The van der Waals surface area contributed by atoms with Gasteiger partial charge in [0.1, 0.15) is 5.69 Å². The Kier molecular flexibility index (Phi) is 6.90. The van der Waals surface area contributed by atoms with Crippen molar-refractivity contribution < 1.29 is 15.0 Å². The fourth-order valence-electron chi connectivity index (χ4n) is 4.84. The Balaban J connectivity index is 1.52. The number of rotatable bonds is 8. The van der Waals surface area contributed by atoms with E-state index in [-0.39, 0.29) is 25.1 Å². The molecule has 0 saturated carbocycles. The lowest BCUT2D eigenvalue weighted by Crippen LogP contribution is -2.29. The fourth-order valence-corrected chi connectivity index (χ4v) is 4.84. The van der Waals surface area contributed by atoms with Gasteiger partial charge in [0.05, 0.1) is 18.7 Å². The largest absolute Gasteiger partial charge is 0.395 e. The molecule has 0 radical (unpaired) electrons. The first-order valence-corrected chi connectivity index (χ1v) is 12.0. The van der Waals surface area contributed by atoms with Crippen LogP contribution in [-0.2, 0) is 19.6 Å². The number of aromatic nitrogens is 2. The lowest BCUT2D eigenvalue weighted by molar-refractivity contribution is 0.0747. The number of nitrogen functional groups attached to an aromatic ring is 1. The quantitative estimate of drug-likeness (QED) is 0.353. The van der Waals surface area contributed by atoms with Gasteiger partial charge in [-0.05, 0) is 39.9 Å². The fraction of sp³-hybridized carbons (Fsp3) is 0.250. The van der Waals surface area contributed by atoms with E-state index in [0.29, 0.717) is 49.3 Å². The number of anilines is 1. The van der Waals surface area contributed by atoms with Crippen LogP contribution in [0.3, 0.4) is 0 Å². The Labute approximate surface area is 209 Å². The lowest BCUT2D eigenvalue weighted by Gasteiger charge is -2.22. The van der Waals surface area contributed by atoms with Gasteiger partial charge in [-0.1, -0.05) is 54.6 Å². The van der Waals surface area contributed by atoms with Crippen molar-refractivity contribution in [2.75, 3.05) is 32.0 Å². The Morgan fingerprint density at radius 2 is 1.58 bits per heavy atom. The van der Waals surface area contributed by atoms with Crippen LogP contribution in [0.15, 0.2) is 66.7 Å². The molecule has 0 unspecified atom stereocenters. The van der Waals surface area contributed by atoms with E-state index < -0.39 is 0 Å². The summed E-state index contributed by atoms with van der Waals surface area (Å²) in [5.74, 6) is -0.104. The van der Waals surface area contributed by atoms with Gasteiger partial charge in [-0.25, -0.2) is 9.97 Å². The standard InChI is InChI=1S/C28H29N5O3/c29-28-30-25-10-9-19(23-8-4-3-7-22(23)16-32(11-13-34)12-14-35)15-24(25)26(31-28)27(36)33-17-20-5-1-2-6-21(20)18-33/h1-10,15,34-35H,11-14,16-18H2,(H2,29,30,31). The summed E-state index contributed by atoms with van der Waals surface area (Å²) in [6.07, 6.45) is 0. The van der Waals surface area contributed by atoms with Gasteiger partial charge < -0.3 is 20.8 Å². The number of benzene rings is 3. The molecule has 4 aromatic rings. The second kappa shape index (κ2) is 10.4. The number of aliphatic hydroxyl groups excluding tert-OH is 2. The van der Waals surface area contributed by atoms with Crippen LogP contribution >= 0.6 is 0 Å². The highest BCUT2D eigenvalue weighted by molar-refractivity contribution is 6.05. The van der Waals surface area contributed by atoms with E-state index in [4.69, 9.17) is 5.73 Å². The summed E-state index contributed by atoms with van der Waals surface area (Å²) in [6.45, 7) is 2.62. The molecule has 184 valence electrons. The molecule has 0 saturated heterocycles. The van der Waals surface area contributed by atoms with Crippen molar-refractivity contribution in [2.24, 2.45) is 0 Å². The maximum Gasteiger partial charge on any atom is 0.273 e. The smallest absolute Gasteiger partial charge is 0.273 e. The minimum Gasteiger partial charge on any atom is -0.395 e. The van der Waals surface area contributed by atoms with E-state index in [1.54, 1.807) is 4.90 Å². The maximum atomic E-state index is 13.6. The number of nitrogens with two attached hydrogens (primary N) is 1. The molecule has 1 aliphatic rings. The van der Waals surface area contributed by atoms with Crippen LogP contribution in [0.4, 0.5) is 5.95 Å². The first-order valence-electron chi connectivity index (χ1n) is 12.0. The van der Waals surface area contributed by atoms with Crippen molar-refractivity contribution in [3.05, 3.63) is 89.1 Å². The molecule has 5 rings (SSSR count). The van der Waals surface area contributed by atoms with Gasteiger partial charge in [-0.15, -0.1) is 0 Å². The van der Waals surface area contributed by atoms with E-state index >= 15 is 0 Å². The number of fused-ring (bicyclic) bond motifs is 2. The van der Waals surface area contributed by atoms with Gasteiger partial charge in [0.15, 0.2) is 0 Å². The highest BCUT2D eigenvalue weighted by Gasteiger charge is 2.27. The Morgan fingerprint density at radius 1 is 0.917 bits per heavy atom. The van der Waals surface area contributed by atoms with Gasteiger partial charge in [0.25, 0.3) is 5.91 Å². The molecule has 0 fully saturated rings. The topological polar surface area (TPSA) is 116 Å². The summed E-state index contributed by atoms with van der Waals surface area (Å²) in [5, 5.41) is 19.5. The van der Waals surface area contributed by atoms with Crippen LogP contribution in [-0.4, -0.2) is 62.2 Å². The monoisotopic (exact) mass is 483 g/mol. The number of nitrogens with zero attached hydrogens (tertiary/aromatic N) is 4. The zero-order valence-electron chi connectivity index (χ0n) is 20.0. The third-order valence-corrected chi connectivity index (χ3v) is 6.60. The van der Waals surface area contributed by atoms with E-state index in [0.717, 1.165) is 27.8 Å². The van der Waals surface area contributed by atoms with E-state index in [9.17, 15) is 15.0 Å². The summed E-state index contributed by atoms with van der Waals surface area (Å²) >= 11 is 0. The van der Waals surface area contributed by atoms with Crippen LogP contribution in [0, 0.1) is 0 Å². The number of amides is 1. The number of hydrogen-bond donors (Lipinski definition) is 3. The van der Waals surface area contributed by atoms with Gasteiger partial charge in [0.2, 0.25) is 5.95 Å². The average Bonchev–Trinajstić information content (AvgIpc) is 3.33. The van der Waals surface area contributed by atoms with Crippen molar-refractivity contribution in [3.8, 4) is 11.1 Å². The van der Waals surface area contributed by atoms with Gasteiger partial charge in [-0.3, -0.25) is 9.69 Å². The van der Waals surface area contributed by atoms with Crippen LogP contribution < -0.4 is 5.73 Å². The van der Waals surface area contributed by atoms with Gasteiger partial charge >= 0.3 is 0 Å². The molecule has 0 aliphatic carbocycles. The highest BCUT2D eigenvalue weighted by atomic mass is 16.3. The Morgan fingerprint density at radius 3 is 2.28 bits per heavy atom. The molecule has 0 spiro atoms. The van der Waals surface area contributed by atoms with Crippen LogP contribution in [0.25, 0.3) is 22.0 Å². The van der Waals surface area contributed by atoms with Crippen molar-refractivity contribution in [1.82, 2.24) is 19.8 Å². The van der Waals surface area contributed by atoms with Gasteiger partial charge in [-0.2, -0.15) is 0 Å². The molecule has 3 aromatic carbocycles. The third-order valence-electron chi connectivity index (χ3n) is 6.60. The SMILES string of the molecule is Nc1nc(C(=O)N2Cc3ccccc3C2)c2cc(-c3ccccc3CN(CCO)CCO)ccc2n1. The molecule has 2 heterocycles.